The summed E-state index contributed by atoms with van der Waals surface area (Å²) in [4.78, 5) is 12.4. The van der Waals surface area contributed by atoms with Crippen LogP contribution < -0.4 is 10.1 Å². The molecule has 0 fully saturated rings. The summed E-state index contributed by atoms with van der Waals surface area (Å²) in [6, 6.07) is 5.93. The number of rotatable bonds is 2. The molecule has 1 aromatic carbocycles. The Morgan fingerprint density at radius 1 is 1.48 bits per heavy atom. The van der Waals surface area contributed by atoms with E-state index in [1.807, 2.05) is 25.1 Å². The van der Waals surface area contributed by atoms with Gasteiger partial charge in [0.05, 0.1) is 24.9 Å². The van der Waals surface area contributed by atoms with Crippen molar-refractivity contribution >= 4 is 17.0 Å². The third-order valence-electron chi connectivity index (χ3n) is 4.01. The molecular weight excluding hydrogens is 268 g/mol. The van der Waals surface area contributed by atoms with Crippen LogP contribution in [0.2, 0.25) is 0 Å². The number of aromatic nitrogens is 1. The second kappa shape index (κ2) is 5.41. The molecule has 0 bridgehead atoms. The molecule has 0 amide bonds. The first-order valence-electron chi connectivity index (χ1n) is 7.29. The minimum absolute atomic E-state index is 0.122. The van der Waals surface area contributed by atoms with Crippen molar-refractivity contribution in [3.63, 3.8) is 0 Å². The summed E-state index contributed by atoms with van der Waals surface area (Å²) in [5.41, 5.74) is 3.10. The van der Waals surface area contributed by atoms with Gasteiger partial charge in [0, 0.05) is 11.4 Å². The van der Waals surface area contributed by atoms with E-state index < -0.39 is 0 Å². The molecule has 5 heteroatoms. The Bertz CT molecular complexity index is 690. The van der Waals surface area contributed by atoms with Gasteiger partial charge < -0.3 is 14.8 Å². The normalized spacial score (nSPS) is 17.6. The summed E-state index contributed by atoms with van der Waals surface area (Å²) in [6.45, 7) is 5.17. The molecule has 0 saturated carbocycles. The summed E-state index contributed by atoms with van der Waals surface area (Å²) in [7, 11) is 1.65. The standard InChI is InChI=1S/C16H20N2O3/c1-4-21-16(19)18-14-6-5-11(20-3)9-13(14)12-7-8-17-10(2)15(12)18/h5-6,9-10,17H,4,7-8H2,1-3H3. The molecule has 1 unspecified atom stereocenters. The van der Waals surface area contributed by atoms with Gasteiger partial charge in [0.1, 0.15) is 5.75 Å². The lowest BCUT2D eigenvalue weighted by Crippen LogP contribution is -2.31. The van der Waals surface area contributed by atoms with Crippen molar-refractivity contribution in [1.82, 2.24) is 9.88 Å². The molecule has 2 aromatic rings. The van der Waals surface area contributed by atoms with E-state index in [4.69, 9.17) is 9.47 Å². The van der Waals surface area contributed by atoms with E-state index >= 15 is 0 Å². The van der Waals surface area contributed by atoms with Gasteiger partial charge in [-0.25, -0.2) is 9.36 Å². The Kier molecular flexibility index (Phi) is 3.59. The van der Waals surface area contributed by atoms with Crippen molar-refractivity contribution in [2.45, 2.75) is 26.3 Å². The highest BCUT2D eigenvalue weighted by Gasteiger charge is 2.28. The SMILES string of the molecule is CCOC(=O)n1c2c(c3cc(OC)ccc31)CCNC2C. The molecule has 1 N–H and O–H groups in total. The van der Waals surface area contributed by atoms with Gasteiger partial charge in [0.25, 0.3) is 0 Å². The first kappa shape index (κ1) is 13.9. The predicted molar refractivity (Wildman–Crippen MR) is 81.0 cm³/mol. The molecule has 1 aliphatic rings. The lowest BCUT2D eigenvalue weighted by Gasteiger charge is -2.23. The van der Waals surface area contributed by atoms with Crippen molar-refractivity contribution in [3.8, 4) is 5.75 Å². The molecular formula is C16H20N2O3. The number of carbonyl (C=O) groups is 1. The van der Waals surface area contributed by atoms with Crippen LogP contribution in [0.4, 0.5) is 4.79 Å². The Morgan fingerprint density at radius 3 is 3.00 bits per heavy atom. The lowest BCUT2D eigenvalue weighted by atomic mass is 10.00. The van der Waals surface area contributed by atoms with Crippen LogP contribution in [0.25, 0.3) is 10.9 Å². The van der Waals surface area contributed by atoms with E-state index in [-0.39, 0.29) is 12.1 Å². The third kappa shape index (κ3) is 2.17. The minimum atomic E-state index is -0.315. The number of hydrogen-bond donors (Lipinski definition) is 1. The molecule has 0 saturated heterocycles. The molecule has 0 radical (unpaired) electrons. The van der Waals surface area contributed by atoms with Gasteiger partial charge in [-0.2, -0.15) is 0 Å². The molecule has 5 nitrogen and oxygen atoms in total. The average Bonchev–Trinajstić information content (AvgIpc) is 2.82. The minimum Gasteiger partial charge on any atom is -0.497 e. The quantitative estimate of drug-likeness (QED) is 0.923. The summed E-state index contributed by atoms with van der Waals surface area (Å²) in [5, 5.41) is 4.48. The maximum absolute atomic E-state index is 12.4. The molecule has 2 heterocycles. The van der Waals surface area contributed by atoms with Crippen LogP contribution in [-0.2, 0) is 11.2 Å². The van der Waals surface area contributed by atoms with Crippen LogP contribution >= 0.6 is 0 Å². The van der Waals surface area contributed by atoms with Gasteiger partial charge in [-0.15, -0.1) is 0 Å². The summed E-state index contributed by atoms with van der Waals surface area (Å²) in [6.07, 6.45) is 0.583. The number of methoxy groups -OCH3 is 1. The van der Waals surface area contributed by atoms with Crippen LogP contribution in [0.1, 0.15) is 31.1 Å². The monoisotopic (exact) mass is 288 g/mol. The number of benzene rings is 1. The van der Waals surface area contributed by atoms with Gasteiger partial charge in [0.2, 0.25) is 0 Å². The van der Waals surface area contributed by atoms with Crippen LogP contribution in [0, 0.1) is 0 Å². The van der Waals surface area contributed by atoms with Crippen LogP contribution in [-0.4, -0.2) is 30.9 Å². The summed E-state index contributed by atoms with van der Waals surface area (Å²) < 4.78 is 12.2. The van der Waals surface area contributed by atoms with E-state index in [9.17, 15) is 4.79 Å². The van der Waals surface area contributed by atoms with Gasteiger partial charge in [0.15, 0.2) is 0 Å². The van der Waals surface area contributed by atoms with Crippen LogP contribution in [0.3, 0.4) is 0 Å². The Hall–Kier alpha value is -2.01. The highest BCUT2D eigenvalue weighted by molar-refractivity contribution is 5.95. The van der Waals surface area contributed by atoms with Crippen molar-refractivity contribution in [3.05, 3.63) is 29.5 Å². The summed E-state index contributed by atoms with van der Waals surface area (Å²) >= 11 is 0. The maximum atomic E-state index is 12.4. The number of hydrogen-bond acceptors (Lipinski definition) is 4. The highest BCUT2D eigenvalue weighted by Crippen LogP contribution is 2.35. The van der Waals surface area contributed by atoms with E-state index in [2.05, 4.69) is 12.2 Å². The molecule has 21 heavy (non-hydrogen) atoms. The van der Waals surface area contributed by atoms with Gasteiger partial charge >= 0.3 is 6.09 Å². The highest BCUT2D eigenvalue weighted by atomic mass is 16.5. The van der Waals surface area contributed by atoms with E-state index in [0.29, 0.717) is 6.61 Å². The Labute approximate surface area is 123 Å². The van der Waals surface area contributed by atoms with Gasteiger partial charge in [-0.1, -0.05) is 0 Å². The largest absolute Gasteiger partial charge is 0.497 e. The van der Waals surface area contributed by atoms with Crippen molar-refractivity contribution in [1.29, 1.82) is 0 Å². The lowest BCUT2D eigenvalue weighted by molar-refractivity contribution is 0.153. The molecule has 0 spiro atoms. The number of fused-ring (bicyclic) bond motifs is 3. The molecule has 1 aromatic heterocycles. The smallest absolute Gasteiger partial charge is 0.418 e. The fourth-order valence-electron chi connectivity index (χ4n) is 3.09. The van der Waals surface area contributed by atoms with Crippen LogP contribution in [0.15, 0.2) is 18.2 Å². The molecule has 112 valence electrons. The average molecular weight is 288 g/mol. The van der Waals surface area contributed by atoms with E-state index in [1.54, 1.807) is 11.7 Å². The summed E-state index contributed by atoms with van der Waals surface area (Å²) in [5.74, 6) is 0.803. The second-order valence-corrected chi connectivity index (χ2v) is 5.21. The zero-order chi connectivity index (χ0) is 15.0. The number of nitrogens with zero attached hydrogens (tertiary/aromatic N) is 1. The molecule has 0 aliphatic carbocycles. The Morgan fingerprint density at radius 2 is 2.29 bits per heavy atom. The van der Waals surface area contributed by atoms with Crippen molar-refractivity contribution in [2.75, 3.05) is 20.3 Å². The molecule has 1 aliphatic heterocycles. The van der Waals surface area contributed by atoms with E-state index in [1.165, 1.54) is 5.56 Å². The van der Waals surface area contributed by atoms with Crippen LogP contribution in [0.5, 0.6) is 5.75 Å². The van der Waals surface area contributed by atoms with Gasteiger partial charge in [-0.05, 0) is 50.6 Å². The molecule has 3 rings (SSSR count). The predicted octanol–water partition coefficient (Wildman–Crippen LogP) is 2.86. The number of nitrogens with one attached hydrogen (secondary N) is 1. The zero-order valence-electron chi connectivity index (χ0n) is 12.6. The second-order valence-electron chi connectivity index (χ2n) is 5.21. The number of ether oxygens (including phenoxy) is 2. The number of carbonyl (C=O) groups excluding carboxylic acids is 1. The Balaban J connectivity index is 2.29. The zero-order valence-corrected chi connectivity index (χ0v) is 12.6. The fourth-order valence-corrected chi connectivity index (χ4v) is 3.09. The molecule has 1 atom stereocenters. The van der Waals surface area contributed by atoms with Gasteiger partial charge in [-0.3, -0.25) is 0 Å². The fraction of sp³-hybridized carbons (Fsp3) is 0.438. The first-order valence-corrected chi connectivity index (χ1v) is 7.29. The topological polar surface area (TPSA) is 52.5 Å². The first-order chi connectivity index (χ1) is 10.2. The maximum Gasteiger partial charge on any atom is 0.418 e. The van der Waals surface area contributed by atoms with Crippen molar-refractivity contribution < 1.29 is 14.3 Å². The van der Waals surface area contributed by atoms with E-state index in [0.717, 1.165) is 35.3 Å². The van der Waals surface area contributed by atoms with Crippen molar-refractivity contribution in [2.24, 2.45) is 0 Å². The third-order valence-corrected chi connectivity index (χ3v) is 4.01.